The Morgan fingerprint density at radius 2 is 1.91 bits per heavy atom. The Hall–Kier alpha value is 0.0169. The smallest absolute Gasteiger partial charge is 0.0591 e. The minimum absolute atomic E-state index is 0.204. The quantitative estimate of drug-likeness (QED) is 0.616. The molecule has 0 aromatic heterocycles. The fourth-order valence-corrected chi connectivity index (χ4v) is 3.20. The van der Waals surface area contributed by atoms with Gasteiger partial charge in [-0.3, -0.25) is 0 Å². The predicted molar refractivity (Wildman–Crippen MR) is 55.2 cm³/mol. The van der Waals surface area contributed by atoms with E-state index in [1.54, 1.807) is 0 Å². The van der Waals surface area contributed by atoms with E-state index in [1.165, 1.54) is 10.8 Å². The second-order valence-corrected chi connectivity index (χ2v) is 4.71. The van der Waals surface area contributed by atoms with E-state index in [0.717, 1.165) is 5.02 Å². The molecule has 0 spiro atoms. The molecule has 0 aliphatic heterocycles. The highest BCUT2D eigenvalue weighted by Gasteiger charge is 2.04. The van der Waals surface area contributed by atoms with Crippen LogP contribution in [0, 0.1) is 6.92 Å². The van der Waals surface area contributed by atoms with Gasteiger partial charge < -0.3 is 0 Å². The van der Waals surface area contributed by atoms with Crippen LogP contribution in [0.4, 0.5) is 0 Å². The molecule has 0 aliphatic rings. The van der Waals surface area contributed by atoms with Crippen molar-refractivity contribution in [1.82, 2.24) is 0 Å². The van der Waals surface area contributed by atoms with E-state index >= 15 is 0 Å². The first-order chi connectivity index (χ1) is 5.16. The van der Waals surface area contributed by atoms with Gasteiger partial charge in [0.2, 0.25) is 0 Å². The molecule has 60 valence electrons. The molecule has 0 N–H and O–H groups in total. The van der Waals surface area contributed by atoms with Crippen LogP contribution < -0.4 is 5.19 Å². The zero-order chi connectivity index (χ0) is 8.43. The number of rotatable bonds is 1. The van der Waals surface area contributed by atoms with Crippen molar-refractivity contribution >= 4 is 37.9 Å². The van der Waals surface area contributed by atoms with E-state index in [4.69, 9.17) is 23.2 Å². The second kappa shape index (κ2) is 3.61. The van der Waals surface area contributed by atoms with Crippen LogP contribution in [-0.2, 0) is 0 Å². The molecule has 1 aromatic carbocycles. The summed E-state index contributed by atoms with van der Waals surface area (Å²) < 4.78 is 0. The van der Waals surface area contributed by atoms with Crippen molar-refractivity contribution in [3.05, 3.63) is 27.7 Å². The van der Waals surface area contributed by atoms with Crippen LogP contribution >= 0.6 is 23.2 Å². The van der Waals surface area contributed by atoms with Gasteiger partial charge in [-0.15, -0.1) is 0 Å². The largest absolute Gasteiger partial charge is 0.0829 e. The number of aryl methyl sites for hydroxylation is 1. The summed E-state index contributed by atoms with van der Waals surface area (Å²) in [5, 5.41) is 2.74. The maximum Gasteiger partial charge on any atom is 0.0591 e. The first-order valence-corrected chi connectivity index (χ1v) is 6.48. The van der Waals surface area contributed by atoms with E-state index in [9.17, 15) is 0 Å². The summed E-state index contributed by atoms with van der Waals surface area (Å²) in [6, 6.07) is 3.88. The van der Waals surface area contributed by atoms with Crippen LogP contribution in [0.1, 0.15) is 5.56 Å². The minimum atomic E-state index is -0.204. The van der Waals surface area contributed by atoms with Crippen molar-refractivity contribution in [2.24, 2.45) is 0 Å². The fourth-order valence-electron chi connectivity index (χ4n) is 1.12. The SMILES string of the molecule is C[SiH2]c1c(C)ccc(Cl)c1Cl. The summed E-state index contributed by atoms with van der Waals surface area (Å²) in [4.78, 5) is 0. The minimum Gasteiger partial charge on any atom is -0.0829 e. The summed E-state index contributed by atoms with van der Waals surface area (Å²) in [6.45, 7) is 4.29. The zero-order valence-electron chi connectivity index (χ0n) is 6.62. The van der Waals surface area contributed by atoms with Gasteiger partial charge in [0.1, 0.15) is 0 Å². The third-order valence-corrected chi connectivity index (χ3v) is 4.47. The van der Waals surface area contributed by atoms with Crippen LogP contribution in [0.2, 0.25) is 16.6 Å². The molecule has 0 atom stereocenters. The lowest BCUT2D eigenvalue weighted by Gasteiger charge is -2.05. The summed E-state index contributed by atoms with van der Waals surface area (Å²) in [6.07, 6.45) is 0. The first-order valence-electron chi connectivity index (χ1n) is 3.60. The monoisotopic (exact) mass is 204 g/mol. The van der Waals surface area contributed by atoms with E-state index in [2.05, 4.69) is 13.5 Å². The van der Waals surface area contributed by atoms with Crippen molar-refractivity contribution in [3.8, 4) is 0 Å². The number of hydrogen-bond donors (Lipinski definition) is 0. The van der Waals surface area contributed by atoms with Crippen molar-refractivity contribution in [2.45, 2.75) is 13.5 Å². The number of halogens is 2. The van der Waals surface area contributed by atoms with Gasteiger partial charge in [-0.2, -0.15) is 0 Å². The Balaban J connectivity index is 3.29. The number of benzene rings is 1. The Morgan fingerprint density at radius 3 is 2.36 bits per heavy atom. The average molecular weight is 205 g/mol. The third-order valence-electron chi connectivity index (χ3n) is 1.78. The normalized spacial score (nSPS) is 11.3. The maximum atomic E-state index is 6.00. The molecule has 0 heterocycles. The highest BCUT2D eigenvalue weighted by atomic mass is 35.5. The predicted octanol–water partition coefficient (Wildman–Crippen LogP) is 2.14. The molecule has 0 saturated heterocycles. The van der Waals surface area contributed by atoms with E-state index in [0.29, 0.717) is 5.02 Å². The standard InChI is InChI=1S/C8H10Cl2Si/c1-5-3-4-6(9)7(10)8(5)11-2/h3-4H,11H2,1-2H3. The van der Waals surface area contributed by atoms with Gasteiger partial charge in [-0.05, 0) is 18.2 Å². The Labute approximate surface area is 79.3 Å². The summed E-state index contributed by atoms with van der Waals surface area (Å²) in [5.41, 5.74) is 1.27. The molecular formula is C8H10Cl2Si. The lowest BCUT2D eigenvalue weighted by Crippen LogP contribution is -2.16. The Kier molecular flexibility index (Phi) is 2.99. The van der Waals surface area contributed by atoms with Crippen LogP contribution in [0.15, 0.2) is 12.1 Å². The molecule has 0 radical (unpaired) electrons. The first kappa shape index (κ1) is 9.11. The molecule has 1 aromatic rings. The molecule has 3 heteroatoms. The fraction of sp³-hybridized carbons (Fsp3) is 0.250. The maximum absolute atomic E-state index is 6.00. The molecule has 0 aliphatic carbocycles. The van der Waals surface area contributed by atoms with E-state index in [-0.39, 0.29) is 9.52 Å². The van der Waals surface area contributed by atoms with Gasteiger partial charge in [-0.1, -0.05) is 41.4 Å². The van der Waals surface area contributed by atoms with Crippen LogP contribution in [-0.4, -0.2) is 9.52 Å². The lowest BCUT2D eigenvalue weighted by atomic mass is 10.2. The van der Waals surface area contributed by atoms with Gasteiger partial charge in [0.25, 0.3) is 0 Å². The van der Waals surface area contributed by atoms with Crippen LogP contribution in [0.3, 0.4) is 0 Å². The van der Waals surface area contributed by atoms with Gasteiger partial charge in [0.15, 0.2) is 0 Å². The topological polar surface area (TPSA) is 0 Å². The average Bonchev–Trinajstić information content (AvgIpc) is 1.99. The van der Waals surface area contributed by atoms with Crippen LogP contribution in [0.25, 0.3) is 0 Å². The summed E-state index contributed by atoms with van der Waals surface area (Å²) >= 11 is 11.9. The van der Waals surface area contributed by atoms with E-state index < -0.39 is 0 Å². The van der Waals surface area contributed by atoms with Crippen LogP contribution in [0.5, 0.6) is 0 Å². The molecular weight excluding hydrogens is 195 g/mol. The molecule has 11 heavy (non-hydrogen) atoms. The molecule has 1 rings (SSSR count). The van der Waals surface area contributed by atoms with E-state index in [1.807, 2.05) is 12.1 Å². The van der Waals surface area contributed by atoms with Crippen molar-refractivity contribution in [3.63, 3.8) is 0 Å². The highest BCUT2D eigenvalue weighted by Crippen LogP contribution is 2.19. The van der Waals surface area contributed by atoms with Gasteiger partial charge in [-0.25, -0.2) is 0 Å². The Bertz CT molecular complexity index is 271. The molecule has 0 fully saturated rings. The molecule has 0 bridgehead atoms. The molecule has 0 amide bonds. The number of hydrogen-bond acceptors (Lipinski definition) is 0. The third kappa shape index (κ3) is 1.78. The molecule has 0 unspecified atom stereocenters. The molecule has 0 saturated carbocycles. The van der Waals surface area contributed by atoms with Gasteiger partial charge >= 0.3 is 0 Å². The van der Waals surface area contributed by atoms with Crippen molar-refractivity contribution in [1.29, 1.82) is 0 Å². The van der Waals surface area contributed by atoms with Crippen molar-refractivity contribution < 1.29 is 0 Å². The second-order valence-electron chi connectivity index (χ2n) is 2.51. The highest BCUT2D eigenvalue weighted by molar-refractivity contribution is 6.59. The molecule has 0 nitrogen and oxygen atoms in total. The summed E-state index contributed by atoms with van der Waals surface area (Å²) in [5.74, 6) is 0. The van der Waals surface area contributed by atoms with Gasteiger partial charge in [0, 0.05) is 0 Å². The Morgan fingerprint density at radius 1 is 1.27 bits per heavy atom. The lowest BCUT2D eigenvalue weighted by molar-refractivity contribution is 1.51. The zero-order valence-corrected chi connectivity index (χ0v) is 9.54. The van der Waals surface area contributed by atoms with Crippen molar-refractivity contribution in [2.75, 3.05) is 0 Å². The summed E-state index contributed by atoms with van der Waals surface area (Å²) in [7, 11) is -0.204. The van der Waals surface area contributed by atoms with Gasteiger partial charge in [0.05, 0.1) is 19.6 Å².